The predicted molar refractivity (Wildman–Crippen MR) is 86.5 cm³/mol. The molecule has 2 heterocycles. The van der Waals surface area contributed by atoms with Crippen molar-refractivity contribution >= 4 is 28.7 Å². The van der Waals surface area contributed by atoms with Gasteiger partial charge in [0.2, 0.25) is 5.91 Å². The van der Waals surface area contributed by atoms with E-state index in [1.165, 1.54) is 6.92 Å². The number of aryl methyl sites for hydroxylation is 1. The lowest BCUT2D eigenvalue weighted by Crippen LogP contribution is -2.04. The minimum Gasteiger partial charge on any atom is -0.504 e. The zero-order valence-corrected chi connectivity index (χ0v) is 12.7. The van der Waals surface area contributed by atoms with Crippen LogP contribution in [0.5, 0.6) is 5.75 Å². The van der Waals surface area contributed by atoms with E-state index in [1.54, 1.807) is 53.9 Å². The highest BCUT2D eigenvalue weighted by Gasteiger charge is 2.10. The number of rotatable bonds is 3. The van der Waals surface area contributed by atoms with E-state index in [9.17, 15) is 9.90 Å². The molecular weight excluding hydrogens is 294 g/mol. The number of benzene rings is 1. The highest BCUT2D eigenvalue weighted by molar-refractivity contribution is 5.89. The Kier molecular flexibility index (Phi) is 3.76. The summed E-state index contributed by atoms with van der Waals surface area (Å²) in [7, 11) is 0. The molecule has 7 heteroatoms. The molecule has 0 saturated heterocycles. The highest BCUT2D eigenvalue weighted by atomic mass is 16.3. The molecule has 116 valence electrons. The zero-order chi connectivity index (χ0) is 16.4. The van der Waals surface area contributed by atoms with Gasteiger partial charge in [0.15, 0.2) is 17.2 Å². The van der Waals surface area contributed by atoms with Crippen molar-refractivity contribution in [3.05, 3.63) is 48.3 Å². The van der Waals surface area contributed by atoms with Crippen LogP contribution < -0.4 is 5.32 Å². The maximum absolute atomic E-state index is 11.1. The Morgan fingerprint density at radius 3 is 2.87 bits per heavy atom. The van der Waals surface area contributed by atoms with Gasteiger partial charge in [-0.1, -0.05) is 6.07 Å². The molecule has 0 saturated carbocycles. The summed E-state index contributed by atoms with van der Waals surface area (Å²) >= 11 is 0. The number of hydrogen-bond acceptors (Lipinski definition) is 5. The minimum absolute atomic E-state index is 0.0877. The van der Waals surface area contributed by atoms with E-state index in [-0.39, 0.29) is 11.7 Å². The van der Waals surface area contributed by atoms with Gasteiger partial charge in [0.05, 0.1) is 11.4 Å². The van der Waals surface area contributed by atoms with Gasteiger partial charge in [0.1, 0.15) is 0 Å². The van der Waals surface area contributed by atoms with Gasteiger partial charge in [0, 0.05) is 18.8 Å². The van der Waals surface area contributed by atoms with Crippen LogP contribution in [0.2, 0.25) is 0 Å². The average Bonchev–Trinajstić information content (AvgIpc) is 2.82. The normalized spacial score (nSPS) is 11.2. The van der Waals surface area contributed by atoms with Crippen molar-refractivity contribution in [3.63, 3.8) is 0 Å². The third-order valence-corrected chi connectivity index (χ3v) is 3.20. The molecule has 1 aromatic carbocycles. The number of fused-ring (bicyclic) bond motifs is 1. The van der Waals surface area contributed by atoms with Gasteiger partial charge in [-0.15, -0.1) is 10.2 Å². The quantitative estimate of drug-likeness (QED) is 0.722. The summed E-state index contributed by atoms with van der Waals surface area (Å²) in [5.74, 6) is 0.484. The Balaban J connectivity index is 1.96. The van der Waals surface area contributed by atoms with Crippen molar-refractivity contribution < 1.29 is 9.90 Å². The number of carbonyl (C=O) groups excluding carboxylic acids is 1. The van der Waals surface area contributed by atoms with Crippen LogP contribution in [0.4, 0.5) is 17.2 Å². The van der Waals surface area contributed by atoms with E-state index in [2.05, 4.69) is 20.5 Å². The molecule has 23 heavy (non-hydrogen) atoms. The van der Waals surface area contributed by atoms with Crippen molar-refractivity contribution in [1.82, 2.24) is 9.38 Å². The van der Waals surface area contributed by atoms with Crippen LogP contribution >= 0.6 is 0 Å². The molecule has 2 N–H and O–H groups in total. The third-order valence-electron chi connectivity index (χ3n) is 3.20. The summed E-state index contributed by atoms with van der Waals surface area (Å²) in [6, 6.07) is 10.3. The van der Waals surface area contributed by atoms with Crippen LogP contribution in [0.25, 0.3) is 5.65 Å². The maximum atomic E-state index is 11.1. The summed E-state index contributed by atoms with van der Waals surface area (Å²) in [4.78, 5) is 15.4. The standard InChI is InChI=1S/C16H15N5O2/c1-10-15(21-8-4-7-14(23)16(21)17-10)20-19-13-6-3-5-12(9-13)18-11(2)22/h3-9,23H,1-2H3,(H,18,22). The predicted octanol–water partition coefficient (Wildman–Crippen LogP) is 3.72. The summed E-state index contributed by atoms with van der Waals surface area (Å²) in [5.41, 5.74) is 2.35. The van der Waals surface area contributed by atoms with Gasteiger partial charge >= 0.3 is 0 Å². The van der Waals surface area contributed by atoms with E-state index in [4.69, 9.17) is 0 Å². The summed E-state index contributed by atoms with van der Waals surface area (Å²) in [6.07, 6.45) is 1.76. The summed E-state index contributed by atoms with van der Waals surface area (Å²) in [5, 5.41) is 20.9. The smallest absolute Gasteiger partial charge is 0.221 e. The molecule has 3 rings (SSSR count). The molecule has 3 aromatic rings. The number of hydrogen-bond donors (Lipinski definition) is 2. The maximum Gasteiger partial charge on any atom is 0.221 e. The molecule has 0 bridgehead atoms. The largest absolute Gasteiger partial charge is 0.504 e. The van der Waals surface area contributed by atoms with Crippen LogP contribution in [-0.4, -0.2) is 20.4 Å². The molecule has 1 amide bonds. The van der Waals surface area contributed by atoms with Crippen LogP contribution in [0.1, 0.15) is 12.6 Å². The highest BCUT2D eigenvalue weighted by Crippen LogP contribution is 2.28. The van der Waals surface area contributed by atoms with Crippen molar-refractivity contribution in [2.75, 3.05) is 5.32 Å². The molecule has 0 atom stereocenters. The first-order chi connectivity index (χ1) is 11.0. The van der Waals surface area contributed by atoms with E-state index in [0.717, 1.165) is 0 Å². The molecule has 2 aromatic heterocycles. The fraction of sp³-hybridized carbons (Fsp3) is 0.125. The molecule has 0 aliphatic rings. The SMILES string of the molecule is CC(=O)Nc1cccc(N=Nc2c(C)nc3c(O)cccn23)c1. The van der Waals surface area contributed by atoms with Crippen molar-refractivity contribution in [2.24, 2.45) is 10.2 Å². The topological polar surface area (TPSA) is 91.4 Å². The van der Waals surface area contributed by atoms with E-state index in [1.807, 2.05) is 0 Å². The Hall–Kier alpha value is -3.22. The van der Waals surface area contributed by atoms with Crippen molar-refractivity contribution in [2.45, 2.75) is 13.8 Å². The molecule has 0 fully saturated rings. The average molecular weight is 309 g/mol. The number of imidazole rings is 1. The fourth-order valence-electron chi connectivity index (χ4n) is 2.23. The number of amides is 1. The lowest BCUT2D eigenvalue weighted by molar-refractivity contribution is -0.114. The lowest BCUT2D eigenvalue weighted by atomic mass is 10.3. The molecule has 0 aliphatic heterocycles. The van der Waals surface area contributed by atoms with Crippen LogP contribution in [-0.2, 0) is 4.79 Å². The molecule has 0 aliphatic carbocycles. The Morgan fingerprint density at radius 1 is 1.26 bits per heavy atom. The summed E-state index contributed by atoms with van der Waals surface area (Å²) in [6.45, 7) is 3.25. The number of nitrogens with zero attached hydrogens (tertiary/aromatic N) is 4. The van der Waals surface area contributed by atoms with Gasteiger partial charge < -0.3 is 10.4 Å². The van der Waals surface area contributed by atoms with Gasteiger partial charge in [-0.05, 0) is 37.3 Å². The first-order valence-electron chi connectivity index (χ1n) is 7.00. The minimum atomic E-state index is -0.146. The third kappa shape index (κ3) is 3.03. The second kappa shape index (κ2) is 5.88. The number of carbonyl (C=O) groups is 1. The van der Waals surface area contributed by atoms with Gasteiger partial charge in [0.25, 0.3) is 0 Å². The first kappa shape index (κ1) is 14.7. The molecular formula is C16H15N5O2. The lowest BCUT2D eigenvalue weighted by Gasteiger charge is -2.02. The molecule has 0 spiro atoms. The van der Waals surface area contributed by atoms with E-state index >= 15 is 0 Å². The Labute approximate surface area is 132 Å². The fourth-order valence-corrected chi connectivity index (χ4v) is 2.23. The van der Waals surface area contributed by atoms with E-state index < -0.39 is 0 Å². The van der Waals surface area contributed by atoms with Crippen molar-refractivity contribution in [3.8, 4) is 5.75 Å². The van der Waals surface area contributed by atoms with Crippen LogP contribution in [0, 0.1) is 6.92 Å². The van der Waals surface area contributed by atoms with Gasteiger partial charge in [-0.25, -0.2) is 4.98 Å². The molecule has 7 nitrogen and oxygen atoms in total. The number of azo groups is 1. The summed E-state index contributed by atoms with van der Waals surface area (Å²) < 4.78 is 1.67. The number of aromatic nitrogens is 2. The first-order valence-corrected chi connectivity index (χ1v) is 7.00. The van der Waals surface area contributed by atoms with Gasteiger partial charge in [-0.3, -0.25) is 9.20 Å². The van der Waals surface area contributed by atoms with Crippen molar-refractivity contribution in [1.29, 1.82) is 0 Å². The number of aromatic hydroxyl groups is 1. The Bertz CT molecular complexity index is 914. The Morgan fingerprint density at radius 2 is 2.09 bits per heavy atom. The van der Waals surface area contributed by atoms with Crippen LogP contribution in [0.3, 0.4) is 0 Å². The number of anilines is 1. The monoisotopic (exact) mass is 309 g/mol. The molecule has 0 radical (unpaired) electrons. The number of nitrogens with one attached hydrogen (secondary N) is 1. The zero-order valence-electron chi connectivity index (χ0n) is 12.7. The van der Waals surface area contributed by atoms with Gasteiger partial charge in [-0.2, -0.15) is 0 Å². The number of pyridine rings is 1. The van der Waals surface area contributed by atoms with Crippen LogP contribution in [0.15, 0.2) is 52.8 Å². The molecule has 0 unspecified atom stereocenters. The second-order valence-electron chi connectivity index (χ2n) is 5.04. The van der Waals surface area contributed by atoms with E-state index in [0.29, 0.717) is 28.5 Å². The second-order valence-corrected chi connectivity index (χ2v) is 5.04.